The maximum absolute atomic E-state index is 2.57. The molecular weight excluding hydrogens is 313 g/mol. The molecule has 2 aliphatic heterocycles. The lowest BCUT2D eigenvalue weighted by Gasteiger charge is -2.49. The number of hydrogen-bond donors (Lipinski definition) is 0. The highest BCUT2D eigenvalue weighted by Gasteiger charge is 2.50. The number of halogens is 1. The molecule has 16 heavy (non-hydrogen) atoms. The molecule has 86 valence electrons. The fourth-order valence-electron chi connectivity index (χ4n) is 2.80. The highest BCUT2D eigenvalue weighted by molar-refractivity contribution is 14.1. The molecule has 2 aliphatic rings. The Morgan fingerprint density at radius 2 is 1.81 bits per heavy atom. The Morgan fingerprint density at radius 1 is 1.12 bits per heavy atom. The van der Waals surface area contributed by atoms with E-state index < -0.39 is 0 Å². The fourth-order valence-corrected chi connectivity index (χ4v) is 3.80. The lowest BCUT2D eigenvalue weighted by molar-refractivity contribution is 0.192. The number of rotatable bonds is 0. The molecule has 1 atom stereocenters. The molecule has 0 spiro atoms. The molecule has 1 aromatic carbocycles. The number of benzene rings is 1. The van der Waals surface area contributed by atoms with Crippen molar-refractivity contribution in [1.82, 2.24) is 4.90 Å². The summed E-state index contributed by atoms with van der Waals surface area (Å²) in [7, 11) is 4.40. The van der Waals surface area contributed by atoms with Crippen molar-refractivity contribution < 1.29 is 0 Å². The van der Waals surface area contributed by atoms with Crippen molar-refractivity contribution >= 4 is 34.0 Å². The van der Waals surface area contributed by atoms with Gasteiger partial charge >= 0.3 is 0 Å². The third kappa shape index (κ3) is 1.17. The molecule has 1 saturated heterocycles. The zero-order valence-electron chi connectivity index (χ0n) is 9.65. The zero-order chi connectivity index (χ0) is 11.3. The number of anilines is 2. The Balaban J connectivity index is 2.15. The van der Waals surface area contributed by atoms with E-state index in [0.717, 1.165) is 13.1 Å². The largest absolute Gasteiger partial charge is 0.329 e. The van der Waals surface area contributed by atoms with Crippen LogP contribution in [0.5, 0.6) is 0 Å². The van der Waals surface area contributed by atoms with E-state index in [1.807, 2.05) is 0 Å². The molecule has 0 N–H and O–H groups in total. The number of nitrogens with zero attached hydrogens (tertiary/aromatic N) is 3. The normalized spacial score (nSPS) is 29.2. The van der Waals surface area contributed by atoms with Crippen LogP contribution in [0.15, 0.2) is 24.3 Å². The van der Waals surface area contributed by atoms with E-state index in [-0.39, 0.29) is 3.79 Å². The first-order chi connectivity index (χ1) is 7.65. The van der Waals surface area contributed by atoms with E-state index in [1.165, 1.54) is 17.8 Å². The topological polar surface area (TPSA) is 9.72 Å². The summed E-state index contributed by atoms with van der Waals surface area (Å²) in [6.07, 6.45) is 1.24. The van der Waals surface area contributed by atoms with Crippen molar-refractivity contribution in [2.24, 2.45) is 0 Å². The Hall–Kier alpha value is -0.490. The van der Waals surface area contributed by atoms with Gasteiger partial charge in [0.15, 0.2) is 0 Å². The first-order valence-corrected chi connectivity index (χ1v) is 6.74. The predicted octanol–water partition coefficient (Wildman–Crippen LogP) is 2.32. The minimum absolute atomic E-state index is 0.0142. The average Bonchev–Trinajstić information content (AvgIpc) is 2.53. The molecule has 3 nitrogen and oxygen atoms in total. The summed E-state index contributed by atoms with van der Waals surface area (Å²) in [6.45, 7) is 2.31. The molecule has 0 amide bonds. The predicted molar refractivity (Wildman–Crippen MR) is 76.2 cm³/mol. The maximum Gasteiger partial charge on any atom is 0.225 e. The van der Waals surface area contributed by atoms with Crippen LogP contribution in [0, 0.1) is 0 Å². The Labute approximate surface area is 110 Å². The molecule has 3 rings (SSSR count). The second kappa shape index (κ2) is 3.50. The van der Waals surface area contributed by atoms with Crippen molar-refractivity contribution in [3.63, 3.8) is 0 Å². The van der Waals surface area contributed by atoms with E-state index in [2.05, 4.69) is 75.7 Å². The second-order valence-corrected chi connectivity index (χ2v) is 5.98. The van der Waals surface area contributed by atoms with Crippen LogP contribution in [0.25, 0.3) is 0 Å². The lowest BCUT2D eigenvalue weighted by atomic mass is 10.2. The van der Waals surface area contributed by atoms with E-state index in [0.29, 0.717) is 0 Å². The summed E-state index contributed by atoms with van der Waals surface area (Å²) in [5.74, 6) is 0. The van der Waals surface area contributed by atoms with Crippen LogP contribution < -0.4 is 9.80 Å². The number of para-hydroxylation sites is 2. The van der Waals surface area contributed by atoms with E-state index in [1.54, 1.807) is 0 Å². The van der Waals surface area contributed by atoms with Crippen LogP contribution in [0.4, 0.5) is 11.4 Å². The monoisotopic (exact) mass is 329 g/mol. The highest BCUT2D eigenvalue weighted by Crippen LogP contribution is 2.49. The van der Waals surface area contributed by atoms with Gasteiger partial charge in [-0.15, -0.1) is 0 Å². The van der Waals surface area contributed by atoms with Gasteiger partial charge in [0.25, 0.3) is 0 Å². The molecule has 1 fully saturated rings. The van der Waals surface area contributed by atoms with Crippen molar-refractivity contribution in [3.8, 4) is 0 Å². The smallest absolute Gasteiger partial charge is 0.225 e. The zero-order valence-corrected chi connectivity index (χ0v) is 11.8. The average molecular weight is 329 g/mol. The van der Waals surface area contributed by atoms with Crippen molar-refractivity contribution in [2.75, 3.05) is 37.0 Å². The van der Waals surface area contributed by atoms with Crippen LogP contribution in [0.3, 0.4) is 0 Å². The third-order valence-electron chi connectivity index (χ3n) is 3.67. The number of alkyl halides is 1. The molecule has 1 aromatic rings. The Kier molecular flexibility index (Phi) is 2.33. The molecule has 0 aliphatic carbocycles. The van der Waals surface area contributed by atoms with Crippen molar-refractivity contribution in [2.45, 2.75) is 10.2 Å². The van der Waals surface area contributed by atoms with E-state index in [9.17, 15) is 0 Å². The number of fused-ring (bicyclic) bond motifs is 3. The van der Waals surface area contributed by atoms with Crippen LogP contribution >= 0.6 is 22.6 Å². The van der Waals surface area contributed by atoms with E-state index in [4.69, 9.17) is 0 Å². The maximum atomic E-state index is 2.57. The summed E-state index contributed by atoms with van der Waals surface area (Å²) in [5, 5.41) is 0. The van der Waals surface area contributed by atoms with Crippen LogP contribution in [0.1, 0.15) is 6.42 Å². The molecule has 1 unspecified atom stereocenters. The van der Waals surface area contributed by atoms with Gasteiger partial charge in [-0.1, -0.05) is 12.1 Å². The van der Waals surface area contributed by atoms with Crippen molar-refractivity contribution in [3.05, 3.63) is 24.3 Å². The van der Waals surface area contributed by atoms with Crippen LogP contribution in [-0.2, 0) is 0 Å². The standard InChI is InChI=1S/C12H16IN3/c1-14-8-5-9-16-11-7-4-3-6-10(11)15(2)12(14,16)13/h3-4,6-7H,5,8-9H2,1-2H3. The van der Waals surface area contributed by atoms with Crippen LogP contribution in [-0.4, -0.2) is 35.9 Å². The van der Waals surface area contributed by atoms with Gasteiger partial charge < -0.3 is 9.80 Å². The lowest BCUT2D eigenvalue weighted by Crippen LogP contribution is -2.64. The fraction of sp³-hybridized carbons (Fsp3) is 0.500. The van der Waals surface area contributed by atoms with Gasteiger partial charge in [-0.3, -0.25) is 4.90 Å². The third-order valence-corrected chi connectivity index (χ3v) is 5.79. The molecule has 0 bridgehead atoms. The van der Waals surface area contributed by atoms with Gasteiger partial charge in [-0.25, -0.2) is 0 Å². The first kappa shape index (κ1) is 10.7. The second-order valence-electron chi connectivity index (χ2n) is 4.53. The summed E-state index contributed by atoms with van der Waals surface area (Å²) in [5.41, 5.74) is 2.71. The molecule has 0 saturated carbocycles. The molecule has 0 radical (unpaired) electrons. The van der Waals surface area contributed by atoms with Gasteiger partial charge in [-0.2, -0.15) is 0 Å². The Morgan fingerprint density at radius 3 is 2.56 bits per heavy atom. The quantitative estimate of drug-likeness (QED) is 0.411. The highest BCUT2D eigenvalue weighted by atomic mass is 127. The van der Waals surface area contributed by atoms with Gasteiger partial charge in [0.2, 0.25) is 3.79 Å². The Bertz CT molecular complexity index is 422. The van der Waals surface area contributed by atoms with Crippen molar-refractivity contribution in [1.29, 1.82) is 0 Å². The van der Waals surface area contributed by atoms with Gasteiger partial charge in [0.1, 0.15) is 0 Å². The summed E-state index contributed by atoms with van der Waals surface area (Å²) in [4.78, 5) is 7.31. The van der Waals surface area contributed by atoms with Gasteiger partial charge in [-0.05, 0) is 48.2 Å². The molecule has 0 aromatic heterocycles. The minimum Gasteiger partial charge on any atom is -0.329 e. The molecule has 2 heterocycles. The SMILES string of the molecule is CN1CCCN2c3ccccc3N(C)C12I. The van der Waals surface area contributed by atoms with E-state index >= 15 is 0 Å². The summed E-state index contributed by atoms with van der Waals surface area (Å²) in [6, 6.07) is 8.69. The molecule has 4 heteroatoms. The number of hydrogen-bond acceptors (Lipinski definition) is 3. The minimum atomic E-state index is -0.0142. The van der Waals surface area contributed by atoms with Gasteiger partial charge in [0.05, 0.1) is 11.4 Å². The molecular formula is C12H16IN3. The summed E-state index contributed by atoms with van der Waals surface area (Å²) >= 11 is 2.57. The van der Waals surface area contributed by atoms with Crippen LogP contribution in [0.2, 0.25) is 0 Å². The first-order valence-electron chi connectivity index (χ1n) is 5.66. The summed E-state index contributed by atoms with van der Waals surface area (Å²) < 4.78 is -0.0142. The van der Waals surface area contributed by atoms with Gasteiger partial charge in [0, 0.05) is 20.1 Å².